The van der Waals surface area contributed by atoms with Crippen molar-refractivity contribution in [1.82, 2.24) is 15.1 Å². The van der Waals surface area contributed by atoms with Crippen LogP contribution in [-0.4, -0.2) is 15.8 Å². The number of aryl methyl sites for hydroxylation is 2. The zero-order chi connectivity index (χ0) is 14.1. The molecular formula is C17H23N3. The first kappa shape index (κ1) is 13.4. The molecule has 20 heavy (non-hydrogen) atoms. The van der Waals surface area contributed by atoms with Gasteiger partial charge in [0.05, 0.1) is 5.69 Å². The van der Waals surface area contributed by atoms with Crippen molar-refractivity contribution in [3.63, 3.8) is 0 Å². The van der Waals surface area contributed by atoms with Crippen LogP contribution in [0.1, 0.15) is 36.7 Å². The Bertz CT molecular complexity index is 609. The third-order valence-corrected chi connectivity index (χ3v) is 4.13. The fraction of sp³-hybridized carbons (Fsp3) is 0.471. The van der Waals surface area contributed by atoms with Crippen molar-refractivity contribution in [2.75, 3.05) is 0 Å². The Hall–Kier alpha value is -1.61. The van der Waals surface area contributed by atoms with E-state index in [-0.39, 0.29) is 0 Å². The fourth-order valence-electron chi connectivity index (χ4n) is 2.85. The standard InChI is InChI=1S/C17H23N3/c1-4-20-13(3)17(12(2)19-20)16-8-6-5-7-14(16)11-18-15-9-10-15/h5-8,15,18H,4,9-11H2,1-3H3. The van der Waals surface area contributed by atoms with Gasteiger partial charge in [-0.15, -0.1) is 0 Å². The second-order valence-electron chi connectivity index (χ2n) is 5.67. The summed E-state index contributed by atoms with van der Waals surface area (Å²) in [6, 6.07) is 9.44. The second-order valence-corrected chi connectivity index (χ2v) is 5.67. The van der Waals surface area contributed by atoms with Crippen molar-refractivity contribution >= 4 is 0 Å². The lowest BCUT2D eigenvalue weighted by Gasteiger charge is -2.11. The Morgan fingerprint density at radius 3 is 2.65 bits per heavy atom. The molecule has 1 aliphatic rings. The van der Waals surface area contributed by atoms with Gasteiger partial charge in [0.15, 0.2) is 0 Å². The molecule has 2 aromatic rings. The molecule has 0 saturated heterocycles. The Labute approximate surface area is 121 Å². The minimum Gasteiger partial charge on any atom is -0.310 e. The average molecular weight is 269 g/mol. The lowest BCUT2D eigenvalue weighted by Crippen LogP contribution is -2.15. The van der Waals surface area contributed by atoms with Gasteiger partial charge in [-0.1, -0.05) is 24.3 Å². The van der Waals surface area contributed by atoms with Gasteiger partial charge in [-0.3, -0.25) is 4.68 Å². The van der Waals surface area contributed by atoms with Gasteiger partial charge in [-0.2, -0.15) is 5.10 Å². The van der Waals surface area contributed by atoms with E-state index >= 15 is 0 Å². The number of benzene rings is 1. The molecule has 1 aliphatic carbocycles. The van der Waals surface area contributed by atoms with E-state index in [4.69, 9.17) is 0 Å². The van der Waals surface area contributed by atoms with Crippen molar-refractivity contribution in [3.8, 4) is 11.1 Å². The van der Waals surface area contributed by atoms with Crippen molar-refractivity contribution in [3.05, 3.63) is 41.2 Å². The molecule has 1 aromatic heterocycles. The molecule has 3 heteroatoms. The smallest absolute Gasteiger partial charge is 0.0675 e. The molecule has 0 bridgehead atoms. The topological polar surface area (TPSA) is 29.9 Å². The minimum absolute atomic E-state index is 0.739. The van der Waals surface area contributed by atoms with Gasteiger partial charge >= 0.3 is 0 Å². The summed E-state index contributed by atoms with van der Waals surface area (Å²) in [7, 11) is 0. The molecule has 1 aromatic carbocycles. The number of hydrogen-bond acceptors (Lipinski definition) is 2. The summed E-state index contributed by atoms with van der Waals surface area (Å²) in [5, 5.41) is 8.27. The molecule has 0 amide bonds. The summed E-state index contributed by atoms with van der Waals surface area (Å²) in [5.74, 6) is 0. The van der Waals surface area contributed by atoms with Gasteiger partial charge in [0.25, 0.3) is 0 Å². The van der Waals surface area contributed by atoms with E-state index < -0.39 is 0 Å². The average Bonchev–Trinajstić information content (AvgIpc) is 3.23. The van der Waals surface area contributed by atoms with Crippen LogP contribution >= 0.6 is 0 Å². The molecule has 1 N–H and O–H groups in total. The van der Waals surface area contributed by atoms with E-state index in [9.17, 15) is 0 Å². The molecule has 0 radical (unpaired) electrons. The van der Waals surface area contributed by atoms with Crippen LogP contribution in [-0.2, 0) is 13.1 Å². The summed E-state index contributed by atoms with van der Waals surface area (Å²) in [4.78, 5) is 0. The first-order valence-electron chi connectivity index (χ1n) is 7.56. The molecule has 1 heterocycles. The molecule has 106 valence electrons. The number of nitrogens with zero attached hydrogens (tertiary/aromatic N) is 2. The van der Waals surface area contributed by atoms with E-state index in [1.807, 2.05) is 0 Å². The van der Waals surface area contributed by atoms with Gasteiger partial charge in [0, 0.05) is 30.4 Å². The molecule has 0 atom stereocenters. The predicted octanol–water partition coefficient (Wildman–Crippen LogP) is 3.44. The van der Waals surface area contributed by atoms with Crippen LogP contribution in [0.3, 0.4) is 0 Å². The lowest BCUT2D eigenvalue weighted by molar-refractivity contribution is 0.634. The highest BCUT2D eigenvalue weighted by atomic mass is 15.3. The van der Waals surface area contributed by atoms with Crippen LogP contribution in [0.2, 0.25) is 0 Å². The quantitative estimate of drug-likeness (QED) is 0.901. The van der Waals surface area contributed by atoms with E-state index in [0.717, 1.165) is 24.8 Å². The van der Waals surface area contributed by atoms with Crippen LogP contribution in [0.5, 0.6) is 0 Å². The Balaban J connectivity index is 1.98. The lowest BCUT2D eigenvalue weighted by atomic mass is 9.98. The normalized spacial score (nSPS) is 14.8. The van der Waals surface area contributed by atoms with Gasteiger partial charge in [0.1, 0.15) is 0 Å². The van der Waals surface area contributed by atoms with Crippen molar-refractivity contribution in [1.29, 1.82) is 0 Å². The van der Waals surface area contributed by atoms with Gasteiger partial charge < -0.3 is 5.32 Å². The summed E-state index contributed by atoms with van der Waals surface area (Å²) in [6.07, 6.45) is 2.65. The van der Waals surface area contributed by atoms with Crippen molar-refractivity contribution < 1.29 is 0 Å². The third kappa shape index (κ3) is 2.50. The molecule has 1 fully saturated rings. The third-order valence-electron chi connectivity index (χ3n) is 4.13. The maximum atomic E-state index is 4.65. The van der Waals surface area contributed by atoms with Crippen molar-refractivity contribution in [2.24, 2.45) is 0 Å². The number of rotatable bonds is 5. The molecule has 0 unspecified atom stereocenters. The van der Waals surface area contributed by atoms with Crippen LogP contribution in [0.25, 0.3) is 11.1 Å². The van der Waals surface area contributed by atoms with E-state index in [2.05, 4.69) is 60.1 Å². The van der Waals surface area contributed by atoms with Crippen LogP contribution < -0.4 is 5.32 Å². The highest BCUT2D eigenvalue weighted by molar-refractivity contribution is 5.71. The van der Waals surface area contributed by atoms with E-state index in [1.54, 1.807) is 0 Å². The summed E-state index contributed by atoms with van der Waals surface area (Å²) >= 11 is 0. The monoisotopic (exact) mass is 269 g/mol. The maximum Gasteiger partial charge on any atom is 0.0675 e. The Morgan fingerprint density at radius 1 is 1.25 bits per heavy atom. The largest absolute Gasteiger partial charge is 0.310 e. The number of nitrogens with one attached hydrogen (secondary N) is 1. The van der Waals surface area contributed by atoms with Gasteiger partial charge in [-0.05, 0) is 44.7 Å². The highest BCUT2D eigenvalue weighted by Gasteiger charge is 2.21. The predicted molar refractivity (Wildman–Crippen MR) is 82.7 cm³/mol. The molecule has 0 spiro atoms. The van der Waals surface area contributed by atoms with Crippen LogP contribution in [0.15, 0.2) is 24.3 Å². The zero-order valence-electron chi connectivity index (χ0n) is 12.6. The maximum absolute atomic E-state index is 4.65. The number of aromatic nitrogens is 2. The first-order valence-corrected chi connectivity index (χ1v) is 7.56. The number of hydrogen-bond donors (Lipinski definition) is 1. The van der Waals surface area contributed by atoms with E-state index in [0.29, 0.717) is 0 Å². The summed E-state index contributed by atoms with van der Waals surface area (Å²) in [6.45, 7) is 8.31. The molecule has 3 rings (SSSR count). The molecule has 3 nitrogen and oxygen atoms in total. The molecular weight excluding hydrogens is 246 g/mol. The Kier molecular flexibility index (Phi) is 3.62. The van der Waals surface area contributed by atoms with E-state index in [1.165, 1.54) is 35.2 Å². The summed E-state index contributed by atoms with van der Waals surface area (Å²) < 4.78 is 2.09. The fourth-order valence-corrected chi connectivity index (χ4v) is 2.85. The molecule has 0 aliphatic heterocycles. The highest BCUT2D eigenvalue weighted by Crippen LogP contribution is 2.30. The molecule has 1 saturated carbocycles. The first-order chi connectivity index (χ1) is 9.70. The van der Waals surface area contributed by atoms with Crippen LogP contribution in [0, 0.1) is 13.8 Å². The zero-order valence-corrected chi connectivity index (χ0v) is 12.6. The van der Waals surface area contributed by atoms with Crippen LogP contribution in [0.4, 0.5) is 0 Å². The Morgan fingerprint density at radius 2 is 2.00 bits per heavy atom. The van der Waals surface area contributed by atoms with Crippen molar-refractivity contribution in [2.45, 2.75) is 52.7 Å². The SMILES string of the molecule is CCn1nc(C)c(-c2ccccc2CNC2CC2)c1C. The van der Waals surface area contributed by atoms with Gasteiger partial charge in [-0.25, -0.2) is 0 Å². The van der Waals surface area contributed by atoms with Gasteiger partial charge in [0.2, 0.25) is 0 Å². The minimum atomic E-state index is 0.739. The second kappa shape index (κ2) is 5.41. The summed E-state index contributed by atoms with van der Waals surface area (Å²) in [5.41, 5.74) is 6.41.